The molecule has 0 aliphatic heterocycles. The van der Waals surface area contributed by atoms with Crippen LogP contribution in [0.25, 0.3) is 0 Å². The van der Waals surface area contributed by atoms with E-state index in [9.17, 15) is 4.79 Å². The highest BCUT2D eigenvalue weighted by Gasteiger charge is 2.35. The number of nitrogens with two attached hydrogens (primary N) is 1. The van der Waals surface area contributed by atoms with Crippen molar-refractivity contribution in [3.8, 4) is 0 Å². The van der Waals surface area contributed by atoms with Crippen LogP contribution in [0.4, 0.5) is 0 Å². The van der Waals surface area contributed by atoms with E-state index < -0.39 is 0 Å². The average molecular weight is 226 g/mol. The number of hydrogen-bond donors (Lipinski definition) is 1. The third kappa shape index (κ3) is 3.48. The van der Waals surface area contributed by atoms with Crippen LogP contribution in [0.15, 0.2) is 0 Å². The Hall–Kier alpha value is -0.570. The molecular formula is C13H26N2O. The predicted molar refractivity (Wildman–Crippen MR) is 67.0 cm³/mol. The monoisotopic (exact) mass is 226 g/mol. The minimum atomic E-state index is -0.315. The lowest BCUT2D eigenvalue weighted by Gasteiger charge is -2.29. The normalized spacial score (nSPS) is 19.6. The first-order chi connectivity index (χ1) is 7.47. The number of nitrogens with zero attached hydrogens (tertiary/aromatic N) is 1. The quantitative estimate of drug-likeness (QED) is 0.753. The van der Waals surface area contributed by atoms with Crippen molar-refractivity contribution in [2.24, 2.45) is 17.6 Å². The molecule has 0 heterocycles. The number of carbonyl (C=O) groups excluding carboxylic acids is 1. The Morgan fingerprint density at radius 2 is 1.94 bits per heavy atom. The van der Waals surface area contributed by atoms with Crippen molar-refractivity contribution >= 4 is 5.91 Å². The fraction of sp³-hybridized carbons (Fsp3) is 0.923. The minimum absolute atomic E-state index is 0.158. The van der Waals surface area contributed by atoms with Crippen LogP contribution in [0.2, 0.25) is 0 Å². The highest BCUT2D eigenvalue weighted by atomic mass is 16.2. The first-order valence-corrected chi connectivity index (χ1v) is 6.53. The van der Waals surface area contributed by atoms with Gasteiger partial charge in [0.2, 0.25) is 5.91 Å². The van der Waals surface area contributed by atoms with Gasteiger partial charge in [0.25, 0.3) is 0 Å². The van der Waals surface area contributed by atoms with Gasteiger partial charge in [-0.2, -0.15) is 0 Å². The summed E-state index contributed by atoms with van der Waals surface area (Å²) in [5, 5.41) is 0. The Bertz CT molecular complexity index is 236. The third-order valence-electron chi connectivity index (χ3n) is 3.37. The van der Waals surface area contributed by atoms with E-state index in [1.165, 1.54) is 0 Å². The first-order valence-electron chi connectivity index (χ1n) is 6.53. The van der Waals surface area contributed by atoms with Crippen molar-refractivity contribution in [2.45, 2.75) is 59.0 Å². The molecule has 2 atom stereocenters. The molecule has 0 spiro atoms. The largest absolute Gasteiger partial charge is 0.338 e. The SMILES string of the molecule is CCC(C)C(N)C(=O)N(CC(C)C)C1CC1. The lowest BCUT2D eigenvalue weighted by molar-refractivity contribution is -0.134. The molecule has 0 aromatic carbocycles. The van der Waals surface area contributed by atoms with E-state index in [1.54, 1.807) is 0 Å². The maximum Gasteiger partial charge on any atom is 0.240 e. The van der Waals surface area contributed by atoms with E-state index >= 15 is 0 Å². The molecule has 1 rings (SSSR count). The van der Waals surface area contributed by atoms with Gasteiger partial charge in [0, 0.05) is 12.6 Å². The van der Waals surface area contributed by atoms with Gasteiger partial charge in [-0.05, 0) is 24.7 Å². The molecule has 0 radical (unpaired) electrons. The molecule has 2 N–H and O–H groups in total. The fourth-order valence-corrected chi connectivity index (χ4v) is 1.89. The van der Waals surface area contributed by atoms with Crippen molar-refractivity contribution in [1.29, 1.82) is 0 Å². The predicted octanol–water partition coefficient (Wildman–Crippen LogP) is 2.01. The molecule has 2 unspecified atom stereocenters. The number of hydrogen-bond acceptors (Lipinski definition) is 2. The lowest BCUT2D eigenvalue weighted by atomic mass is 9.98. The van der Waals surface area contributed by atoms with Crippen LogP contribution in [-0.4, -0.2) is 29.4 Å². The standard InChI is InChI=1S/C13H26N2O/c1-5-10(4)12(14)13(16)15(8-9(2)3)11-6-7-11/h9-12H,5-8,14H2,1-4H3. The maximum atomic E-state index is 12.3. The summed E-state index contributed by atoms with van der Waals surface area (Å²) in [6.07, 6.45) is 3.28. The molecule has 0 bridgehead atoms. The Labute approximate surface area is 99.4 Å². The highest BCUT2D eigenvalue weighted by molar-refractivity contribution is 5.82. The van der Waals surface area contributed by atoms with E-state index in [2.05, 4.69) is 27.7 Å². The van der Waals surface area contributed by atoms with E-state index in [1.807, 2.05) is 4.90 Å². The second-order valence-corrected chi connectivity index (χ2v) is 5.53. The molecular weight excluding hydrogens is 200 g/mol. The van der Waals surface area contributed by atoms with Crippen LogP contribution in [0.5, 0.6) is 0 Å². The molecule has 3 heteroatoms. The number of amides is 1. The average Bonchev–Trinajstić information content (AvgIpc) is 3.06. The summed E-state index contributed by atoms with van der Waals surface area (Å²) in [5.74, 6) is 0.958. The van der Waals surface area contributed by atoms with Gasteiger partial charge in [-0.1, -0.05) is 34.1 Å². The topological polar surface area (TPSA) is 46.3 Å². The Morgan fingerprint density at radius 3 is 2.31 bits per heavy atom. The summed E-state index contributed by atoms with van der Waals surface area (Å²) < 4.78 is 0. The van der Waals surface area contributed by atoms with E-state index in [4.69, 9.17) is 5.73 Å². The molecule has 94 valence electrons. The molecule has 16 heavy (non-hydrogen) atoms. The Balaban J connectivity index is 2.59. The van der Waals surface area contributed by atoms with Crippen molar-refractivity contribution in [3.05, 3.63) is 0 Å². The van der Waals surface area contributed by atoms with Gasteiger partial charge in [-0.3, -0.25) is 4.79 Å². The summed E-state index contributed by atoms with van der Waals surface area (Å²) in [6.45, 7) is 9.30. The zero-order valence-corrected chi connectivity index (χ0v) is 11.1. The van der Waals surface area contributed by atoms with E-state index in [-0.39, 0.29) is 17.9 Å². The Morgan fingerprint density at radius 1 is 1.38 bits per heavy atom. The molecule has 1 amide bonds. The van der Waals surface area contributed by atoms with Crippen molar-refractivity contribution in [1.82, 2.24) is 4.90 Å². The van der Waals surface area contributed by atoms with Gasteiger partial charge in [-0.25, -0.2) is 0 Å². The van der Waals surface area contributed by atoms with Crippen LogP contribution in [-0.2, 0) is 4.79 Å². The van der Waals surface area contributed by atoms with Gasteiger partial charge in [0.15, 0.2) is 0 Å². The second kappa shape index (κ2) is 5.67. The molecule has 1 saturated carbocycles. The van der Waals surface area contributed by atoms with E-state index in [0.717, 1.165) is 25.8 Å². The molecule has 1 aliphatic rings. The molecule has 0 aromatic rings. The van der Waals surface area contributed by atoms with E-state index in [0.29, 0.717) is 12.0 Å². The van der Waals surface area contributed by atoms with Crippen LogP contribution in [0, 0.1) is 11.8 Å². The van der Waals surface area contributed by atoms with Crippen LogP contribution in [0.1, 0.15) is 47.0 Å². The summed E-state index contributed by atoms with van der Waals surface area (Å²) in [4.78, 5) is 14.3. The smallest absolute Gasteiger partial charge is 0.240 e. The minimum Gasteiger partial charge on any atom is -0.338 e. The molecule has 1 fully saturated rings. The second-order valence-electron chi connectivity index (χ2n) is 5.53. The summed E-state index contributed by atoms with van der Waals surface area (Å²) in [5.41, 5.74) is 6.02. The summed E-state index contributed by atoms with van der Waals surface area (Å²) in [6, 6.07) is 0.161. The zero-order valence-electron chi connectivity index (χ0n) is 11.1. The Kier molecular flexibility index (Phi) is 4.78. The number of rotatable bonds is 6. The fourth-order valence-electron chi connectivity index (χ4n) is 1.89. The van der Waals surface area contributed by atoms with Crippen molar-refractivity contribution in [3.63, 3.8) is 0 Å². The van der Waals surface area contributed by atoms with Crippen molar-refractivity contribution in [2.75, 3.05) is 6.54 Å². The van der Waals surface area contributed by atoms with Gasteiger partial charge >= 0.3 is 0 Å². The van der Waals surface area contributed by atoms with Crippen LogP contribution in [0.3, 0.4) is 0 Å². The van der Waals surface area contributed by atoms with Gasteiger partial charge in [0.05, 0.1) is 6.04 Å². The molecule has 3 nitrogen and oxygen atoms in total. The van der Waals surface area contributed by atoms with Crippen LogP contribution < -0.4 is 5.73 Å². The molecule has 1 aliphatic carbocycles. The maximum absolute atomic E-state index is 12.3. The van der Waals surface area contributed by atoms with Gasteiger partial charge in [0.1, 0.15) is 0 Å². The highest BCUT2D eigenvalue weighted by Crippen LogP contribution is 2.28. The summed E-state index contributed by atoms with van der Waals surface area (Å²) in [7, 11) is 0. The zero-order chi connectivity index (χ0) is 12.3. The van der Waals surface area contributed by atoms with Gasteiger partial charge in [-0.15, -0.1) is 0 Å². The number of carbonyl (C=O) groups is 1. The summed E-state index contributed by atoms with van der Waals surface area (Å²) >= 11 is 0. The van der Waals surface area contributed by atoms with Crippen molar-refractivity contribution < 1.29 is 4.79 Å². The molecule has 0 aromatic heterocycles. The molecule has 0 saturated heterocycles. The first kappa shape index (κ1) is 13.5. The lowest BCUT2D eigenvalue weighted by Crippen LogP contribution is -2.49. The third-order valence-corrected chi connectivity index (χ3v) is 3.37. The van der Waals surface area contributed by atoms with Crippen LogP contribution >= 0.6 is 0 Å². The van der Waals surface area contributed by atoms with Gasteiger partial charge < -0.3 is 10.6 Å².